The summed E-state index contributed by atoms with van der Waals surface area (Å²) < 4.78 is 4.99. The Balaban J connectivity index is 1.45. The van der Waals surface area contributed by atoms with E-state index in [2.05, 4.69) is 59.9 Å². The highest BCUT2D eigenvalue weighted by molar-refractivity contribution is 8.01. The number of fused-ring (bicyclic) bond motifs is 1. The second-order valence-electron chi connectivity index (χ2n) is 8.53. The Morgan fingerprint density at radius 2 is 1.94 bits per heavy atom. The van der Waals surface area contributed by atoms with Gasteiger partial charge in [-0.15, -0.1) is 11.8 Å². The van der Waals surface area contributed by atoms with Gasteiger partial charge in [-0.3, -0.25) is 9.59 Å². The summed E-state index contributed by atoms with van der Waals surface area (Å²) in [6, 6.07) is 18.4. The molecule has 172 valence electrons. The molecule has 0 saturated carbocycles. The van der Waals surface area contributed by atoms with Crippen LogP contribution in [0.1, 0.15) is 47.4 Å². The zero-order chi connectivity index (χ0) is 23.4. The Morgan fingerprint density at radius 3 is 2.67 bits per heavy atom. The monoisotopic (exact) mass is 463 g/mol. The van der Waals surface area contributed by atoms with Crippen molar-refractivity contribution in [3.05, 3.63) is 82.6 Å². The molecule has 0 aliphatic heterocycles. The maximum absolute atomic E-state index is 13.4. The number of carbonyl (C=O) groups excluding carboxylic acids is 2. The normalized spacial score (nSPS) is 15.7. The van der Waals surface area contributed by atoms with Crippen molar-refractivity contribution in [1.29, 1.82) is 0 Å². The summed E-state index contributed by atoms with van der Waals surface area (Å²) in [6.07, 6.45) is 1.89. The maximum atomic E-state index is 13.4. The van der Waals surface area contributed by atoms with Gasteiger partial charge >= 0.3 is 0 Å². The minimum atomic E-state index is -0.400. The number of amides is 2. The van der Waals surface area contributed by atoms with Gasteiger partial charge in [0, 0.05) is 12.6 Å². The number of aromatic nitrogens is 1. The molecule has 0 fully saturated rings. The van der Waals surface area contributed by atoms with E-state index in [4.69, 9.17) is 4.52 Å². The number of anilines is 1. The van der Waals surface area contributed by atoms with Crippen molar-refractivity contribution in [3.8, 4) is 0 Å². The number of rotatable bonds is 8. The average molecular weight is 464 g/mol. The van der Waals surface area contributed by atoms with E-state index in [9.17, 15) is 9.59 Å². The van der Waals surface area contributed by atoms with E-state index >= 15 is 0 Å². The zero-order valence-corrected chi connectivity index (χ0v) is 20.0. The van der Waals surface area contributed by atoms with Crippen LogP contribution in [0, 0.1) is 13.8 Å². The molecule has 7 heteroatoms. The van der Waals surface area contributed by atoms with Crippen molar-refractivity contribution in [1.82, 2.24) is 10.1 Å². The molecule has 1 aromatic heterocycles. The molecule has 3 aromatic rings. The van der Waals surface area contributed by atoms with E-state index in [1.54, 1.807) is 19.9 Å². The number of nitrogens with zero attached hydrogens (tertiary/aromatic N) is 2. The van der Waals surface area contributed by atoms with Gasteiger partial charge in [0.05, 0.1) is 17.0 Å². The van der Waals surface area contributed by atoms with Gasteiger partial charge in [-0.05, 0) is 50.3 Å². The van der Waals surface area contributed by atoms with Crippen LogP contribution in [-0.4, -0.2) is 32.9 Å². The summed E-state index contributed by atoms with van der Waals surface area (Å²) in [6.45, 7) is 6.18. The standard InChI is InChI=1S/C26H29N3O3S/c1-17-8-10-20(11-9-17)15-29(23-13-12-21-6-4-5-7-22(21)23)25(30)16-33-19(3)26(31)27-24-14-18(2)32-28-24/h4-11,14,19,23H,12-13,15-16H2,1-3H3,(H,27,28,31). The molecule has 2 atom stereocenters. The Labute approximate surface area is 198 Å². The predicted molar refractivity (Wildman–Crippen MR) is 131 cm³/mol. The SMILES string of the molecule is Cc1ccc(CN(C(=O)CSC(C)C(=O)Nc2cc(C)on2)C2CCc3ccccc32)cc1. The molecule has 2 unspecified atom stereocenters. The summed E-state index contributed by atoms with van der Waals surface area (Å²) in [4.78, 5) is 27.9. The highest BCUT2D eigenvalue weighted by Crippen LogP contribution is 2.37. The first-order chi connectivity index (χ1) is 15.9. The van der Waals surface area contributed by atoms with Crippen molar-refractivity contribution in [3.63, 3.8) is 0 Å². The third-order valence-electron chi connectivity index (χ3n) is 5.98. The van der Waals surface area contributed by atoms with Gasteiger partial charge in [0.25, 0.3) is 0 Å². The van der Waals surface area contributed by atoms with Gasteiger partial charge in [-0.1, -0.05) is 59.3 Å². The third-order valence-corrected chi connectivity index (χ3v) is 7.10. The van der Waals surface area contributed by atoms with Crippen LogP contribution in [-0.2, 0) is 22.6 Å². The highest BCUT2D eigenvalue weighted by atomic mass is 32.2. The highest BCUT2D eigenvalue weighted by Gasteiger charge is 2.31. The molecule has 1 heterocycles. The fraction of sp³-hybridized carbons (Fsp3) is 0.346. The number of hydrogen-bond donors (Lipinski definition) is 1. The molecule has 1 N–H and O–H groups in total. The van der Waals surface area contributed by atoms with Crippen LogP contribution in [0.5, 0.6) is 0 Å². The van der Waals surface area contributed by atoms with E-state index < -0.39 is 5.25 Å². The molecular formula is C26H29N3O3S. The lowest BCUT2D eigenvalue weighted by molar-refractivity contribution is -0.131. The predicted octanol–water partition coefficient (Wildman–Crippen LogP) is 5.07. The number of hydrogen-bond acceptors (Lipinski definition) is 5. The number of aryl methyl sites for hydroxylation is 3. The van der Waals surface area contributed by atoms with E-state index in [1.165, 1.54) is 28.5 Å². The number of thioether (sulfide) groups is 1. The fourth-order valence-corrected chi connectivity index (χ4v) is 4.90. The summed E-state index contributed by atoms with van der Waals surface area (Å²) in [7, 11) is 0. The lowest BCUT2D eigenvalue weighted by Gasteiger charge is -2.30. The Bertz CT molecular complexity index is 1130. The smallest absolute Gasteiger partial charge is 0.238 e. The largest absolute Gasteiger partial charge is 0.360 e. The van der Waals surface area contributed by atoms with E-state index in [1.807, 2.05) is 11.0 Å². The molecule has 4 rings (SSSR count). The van der Waals surface area contributed by atoms with Crippen LogP contribution in [0.15, 0.2) is 59.1 Å². The summed E-state index contributed by atoms with van der Waals surface area (Å²) in [5.41, 5.74) is 4.85. The van der Waals surface area contributed by atoms with Crippen LogP contribution in [0.4, 0.5) is 5.82 Å². The van der Waals surface area contributed by atoms with E-state index in [-0.39, 0.29) is 23.6 Å². The van der Waals surface area contributed by atoms with Gasteiger partial charge in [0.15, 0.2) is 5.82 Å². The summed E-state index contributed by atoms with van der Waals surface area (Å²) in [5.74, 6) is 1.09. The second kappa shape index (κ2) is 10.3. The Morgan fingerprint density at radius 1 is 1.18 bits per heavy atom. The van der Waals surface area contributed by atoms with Crippen LogP contribution in [0.25, 0.3) is 0 Å². The Hall–Kier alpha value is -3.06. The topological polar surface area (TPSA) is 75.4 Å². The quantitative estimate of drug-likeness (QED) is 0.505. The Kier molecular flexibility index (Phi) is 7.18. The van der Waals surface area contributed by atoms with Crippen LogP contribution >= 0.6 is 11.8 Å². The average Bonchev–Trinajstić information content (AvgIpc) is 3.42. The molecule has 33 heavy (non-hydrogen) atoms. The van der Waals surface area contributed by atoms with Crippen molar-refractivity contribution in [2.24, 2.45) is 0 Å². The van der Waals surface area contributed by atoms with Gasteiger partial charge < -0.3 is 14.7 Å². The lowest BCUT2D eigenvalue weighted by Crippen LogP contribution is -2.36. The molecule has 2 aromatic carbocycles. The number of benzene rings is 2. The van der Waals surface area contributed by atoms with Gasteiger partial charge in [-0.2, -0.15) is 0 Å². The maximum Gasteiger partial charge on any atom is 0.238 e. The van der Waals surface area contributed by atoms with Crippen LogP contribution in [0.2, 0.25) is 0 Å². The number of nitrogens with one attached hydrogen (secondary N) is 1. The van der Waals surface area contributed by atoms with Crippen molar-refractivity contribution in [2.75, 3.05) is 11.1 Å². The minimum Gasteiger partial charge on any atom is -0.360 e. The molecule has 2 amide bonds. The molecule has 6 nitrogen and oxygen atoms in total. The first-order valence-corrected chi connectivity index (χ1v) is 12.2. The van der Waals surface area contributed by atoms with Gasteiger partial charge in [0.1, 0.15) is 5.76 Å². The lowest BCUT2D eigenvalue weighted by atomic mass is 10.1. The van der Waals surface area contributed by atoms with E-state index in [0.29, 0.717) is 18.1 Å². The van der Waals surface area contributed by atoms with Crippen molar-refractivity contribution in [2.45, 2.75) is 51.4 Å². The van der Waals surface area contributed by atoms with Gasteiger partial charge in [0.2, 0.25) is 11.8 Å². The summed E-state index contributed by atoms with van der Waals surface area (Å²) in [5, 5.41) is 6.14. The van der Waals surface area contributed by atoms with Crippen LogP contribution in [0.3, 0.4) is 0 Å². The third kappa shape index (κ3) is 5.66. The van der Waals surface area contributed by atoms with Crippen LogP contribution < -0.4 is 5.32 Å². The molecule has 0 radical (unpaired) electrons. The zero-order valence-electron chi connectivity index (χ0n) is 19.2. The minimum absolute atomic E-state index is 0.0409. The molecule has 1 aliphatic rings. The molecular weight excluding hydrogens is 434 g/mol. The molecule has 0 bridgehead atoms. The second-order valence-corrected chi connectivity index (χ2v) is 9.85. The summed E-state index contributed by atoms with van der Waals surface area (Å²) >= 11 is 1.34. The first-order valence-electron chi connectivity index (χ1n) is 11.2. The molecule has 0 spiro atoms. The van der Waals surface area contributed by atoms with Crippen molar-refractivity contribution < 1.29 is 14.1 Å². The first kappa shape index (κ1) is 23.1. The number of carbonyl (C=O) groups is 2. The van der Waals surface area contributed by atoms with Crippen molar-refractivity contribution >= 4 is 29.4 Å². The molecule has 1 aliphatic carbocycles. The fourth-order valence-electron chi connectivity index (χ4n) is 4.13. The molecule has 0 saturated heterocycles. The van der Waals surface area contributed by atoms with Gasteiger partial charge in [-0.25, -0.2) is 0 Å². The van der Waals surface area contributed by atoms with E-state index in [0.717, 1.165) is 18.4 Å².